The van der Waals surface area contributed by atoms with E-state index >= 15 is 0 Å². The molecule has 5 heteroatoms. The first kappa shape index (κ1) is 15.0. The second-order valence-electron chi connectivity index (χ2n) is 3.22. The number of carboxylic acids is 1. The topological polar surface area (TPSA) is 89.8 Å². The first-order valence-electron chi connectivity index (χ1n) is 5.02. The molecule has 0 aliphatic carbocycles. The van der Waals surface area contributed by atoms with Gasteiger partial charge in [-0.05, 0) is 37.7 Å². The van der Waals surface area contributed by atoms with Gasteiger partial charge in [-0.2, -0.15) is 0 Å². The zero-order chi connectivity index (χ0) is 13.3. The second-order valence-corrected chi connectivity index (χ2v) is 3.22. The van der Waals surface area contributed by atoms with Crippen LogP contribution in [0.4, 0.5) is 0 Å². The Morgan fingerprint density at radius 3 is 2.41 bits per heavy atom. The van der Waals surface area contributed by atoms with Gasteiger partial charge in [0.25, 0.3) is 0 Å². The number of hydrogen-bond acceptors (Lipinski definition) is 4. The third-order valence-corrected chi connectivity index (χ3v) is 1.88. The van der Waals surface area contributed by atoms with E-state index in [2.05, 4.69) is 11.9 Å². The largest absolute Gasteiger partial charge is 0.504 e. The summed E-state index contributed by atoms with van der Waals surface area (Å²) in [5, 5.41) is 28.7. The molecule has 0 amide bonds. The third-order valence-electron chi connectivity index (χ3n) is 1.88. The lowest BCUT2D eigenvalue weighted by Gasteiger charge is -2.02. The minimum Gasteiger partial charge on any atom is -0.504 e. The molecular weight excluding hydrogens is 222 g/mol. The van der Waals surface area contributed by atoms with Gasteiger partial charge in [-0.3, -0.25) is 0 Å². The molecule has 0 unspecified atom stereocenters. The molecule has 0 heterocycles. The van der Waals surface area contributed by atoms with E-state index in [1.165, 1.54) is 6.07 Å². The summed E-state index contributed by atoms with van der Waals surface area (Å²) in [6, 6.07) is 4.87. The Kier molecular flexibility index (Phi) is 7.21. The van der Waals surface area contributed by atoms with E-state index in [9.17, 15) is 4.79 Å². The van der Waals surface area contributed by atoms with E-state index in [1.54, 1.807) is 12.1 Å². The van der Waals surface area contributed by atoms with Gasteiger partial charge < -0.3 is 20.6 Å². The van der Waals surface area contributed by atoms with Gasteiger partial charge >= 0.3 is 5.97 Å². The Hall–Kier alpha value is -2.01. The fourth-order valence-corrected chi connectivity index (χ4v) is 0.994. The van der Waals surface area contributed by atoms with Crippen LogP contribution in [0, 0.1) is 0 Å². The number of likely N-dealkylation sites (N-methyl/N-ethyl adjacent to an activating group) is 1. The Bertz CT molecular complexity index is 377. The van der Waals surface area contributed by atoms with Crippen LogP contribution in [-0.2, 0) is 11.2 Å². The monoisotopic (exact) mass is 239 g/mol. The predicted octanol–water partition coefficient (Wildman–Crippen LogP) is 1.12. The predicted molar refractivity (Wildman–Crippen MR) is 65.2 cm³/mol. The maximum absolute atomic E-state index is 9.25. The molecule has 0 saturated carbocycles. The van der Waals surface area contributed by atoms with Crippen molar-refractivity contribution in [3.05, 3.63) is 36.4 Å². The van der Waals surface area contributed by atoms with Crippen molar-refractivity contribution in [2.75, 3.05) is 13.6 Å². The molecule has 1 rings (SSSR count). The molecule has 1 aromatic rings. The first-order chi connectivity index (χ1) is 8.01. The van der Waals surface area contributed by atoms with Gasteiger partial charge in [0.1, 0.15) is 0 Å². The van der Waals surface area contributed by atoms with Crippen LogP contribution in [-0.4, -0.2) is 34.9 Å². The van der Waals surface area contributed by atoms with Crippen LogP contribution in [0.1, 0.15) is 5.56 Å². The number of carboxylic acid groups (broad SMARTS) is 1. The van der Waals surface area contributed by atoms with Crippen molar-refractivity contribution in [1.82, 2.24) is 5.32 Å². The van der Waals surface area contributed by atoms with Gasteiger partial charge in [0.15, 0.2) is 11.5 Å². The molecule has 1 aromatic carbocycles. The van der Waals surface area contributed by atoms with Crippen molar-refractivity contribution in [2.45, 2.75) is 6.42 Å². The van der Waals surface area contributed by atoms with Gasteiger partial charge in [-0.15, -0.1) is 0 Å². The molecule has 94 valence electrons. The lowest BCUT2D eigenvalue weighted by molar-refractivity contribution is -0.131. The summed E-state index contributed by atoms with van der Waals surface area (Å²) in [5.74, 6) is -1.10. The number of aliphatic carboxylic acids is 1. The van der Waals surface area contributed by atoms with Crippen molar-refractivity contribution in [3.8, 4) is 11.5 Å². The summed E-state index contributed by atoms with van der Waals surface area (Å²) >= 11 is 0. The van der Waals surface area contributed by atoms with Gasteiger partial charge in [0.05, 0.1) is 0 Å². The van der Waals surface area contributed by atoms with E-state index in [0.29, 0.717) is 0 Å². The summed E-state index contributed by atoms with van der Waals surface area (Å²) in [6.07, 6.45) is 1.68. The molecule has 0 atom stereocenters. The molecule has 0 radical (unpaired) electrons. The molecular formula is C12H17NO4. The molecule has 17 heavy (non-hydrogen) atoms. The molecule has 0 spiro atoms. The highest BCUT2D eigenvalue weighted by molar-refractivity contribution is 5.78. The van der Waals surface area contributed by atoms with Crippen molar-refractivity contribution in [3.63, 3.8) is 0 Å². The maximum atomic E-state index is 9.25. The highest BCUT2D eigenvalue weighted by Crippen LogP contribution is 2.24. The van der Waals surface area contributed by atoms with Gasteiger partial charge in [0, 0.05) is 6.08 Å². The highest BCUT2D eigenvalue weighted by Gasteiger charge is 1.99. The standard InChI is InChI=1S/C9H13NO2.C3H4O2/c1-10-5-4-7-2-3-8(11)9(12)6-7;1-2-3(4)5/h2-3,6,10-12H,4-5H2,1H3;2H,1H2,(H,4,5). The number of phenols is 2. The fraction of sp³-hybridized carbons (Fsp3) is 0.250. The highest BCUT2D eigenvalue weighted by atomic mass is 16.4. The zero-order valence-corrected chi connectivity index (χ0v) is 9.68. The van der Waals surface area contributed by atoms with Crippen molar-refractivity contribution in [1.29, 1.82) is 0 Å². The van der Waals surface area contributed by atoms with Crippen LogP contribution in [0.5, 0.6) is 11.5 Å². The van der Waals surface area contributed by atoms with Gasteiger partial charge in [-0.25, -0.2) is 4.79 Å². The third kappa shape index (κ3) is 6.97. The number of phenolic OH excluding ortho intramolecular Hbond substituents is 2. The van der Waals surface area contributed by atoms with E-state index < -0.39 is 5.97 Å². The summed E-state index contributed by atoms with van der Waals surface area (Å²) < 4.78 is 0. The lowest BCUT2D eigenvalue weighted by Crippen LogP contribution is -2.09. The number of rotatable bonds is 4. The van der Waals surface area contributed by atoms with Crippen molar-refractivity contribution >= 4 is 5.97 Å². The zero-order valence-electron chi connectivity index (χ0n) is 9.68. The Morgan fingerprint density at radius 2 is 2.00 bits per heavy atom. The van der Waals surface area contributed by atoms with Gasteiger partial charge in [0.2, 0.25) is 0 Å². The summed E-state index contributed by atoms with van der Waals surface area (Å²) in [6.45, 7) is 3.83. The summed E-state index contributed by atoms with van der Waals surface area (Å²) in [7, 11) is 1.88. The minimum absolute atomic E-state index is 0.0522. The molecule has 4 N–H and O–H groups in total. The van der Waals surface area contributed by atoms with Crippen molar-refractivity contribution < 1.29 is 20.1 Å². The van der Waals surface area contributed by atoms with Crippen LogP contribution < -0.4 is 5.32 Å². The smallest absolute Gasteiger partial charge is 0.327 e. The average Bonchev–Trinajstić information content (AvgIpc) is 2.31. The van der Waals surface area contributed by atoms with Crippen LogP contribution in [0.15, 0.2) is 30.9 Å². The molecule has 0 bridgehead atoms. The summed E-state index contributed by atoms with van der Waals surface area (Å²) in [4.78, 5) is 9.25. The number of carbonyl (C=O) groups is 1. The van der Waals surface area contributed by atoms with Crippen molar-refractivity contribution in [2.24, 2.45) is 0 Å². The van der Waals surface area contributed by atoms with E-state index in [0.717, 1.165) is 24.6 Å². The number of aromatic hydroxyl groups is 2. The van der Waals surface area contributed by atoms with Gasteiger partial charge in [-0.1, -0.05) is 12.6 Å². The van der Waals surface area contributed by atoms with Crippen LogP contribution in [0.25, 0.3) is 0 Å². The minimum atomic E-state index is -0.981. The Balaban J connectivity index is 0.000000437. The number of benzene rings is 1. The molecule has 0 aliphatic heterocycles. The van der Waals surface area contributed by atoms with E-state index in [4.69, 9.17) is 15.3 Å². The quantitative estimate of drug-likeness (QED) is 0.467. The maximum Gasteiger partial charge on any atom is 0.327 e. The molecule has 0 fully saturated rings. The fourth-order valence-electron chi connectivity index (χ4n) is 0.994. The van der Waals surface area contributed by atoms with E-state index in [1.807, 2.05) is 7.05 Å². The molecule has 5 nitrogen and oxygen atoms in total. The SMILES string of the molecule is C=CC(=O)O.CNCCc1ccc(O)c(O)c1. The molecule has 0 aromatic heterocycles. The van der Waals surface area contributed by atoms with Crippen LogP contribution in [0.3, 0.4) is 0 Å². The summed E-state index contributed by atoms with van der Waals surface area (Å²) in [5.41, 5.74) is 1.01. The first-order valence-corrected chi connectivity index (χ1v) is 5.02. The number of hydrogen-bond donors (Lipinski definition) is 4. The molecule has 0 aliphatic rings. The normalized spacial score (nSPS) is 9.00. The lowest BCUT2D eigenvalue weighted by atomic mass is 10.1. The average molecular weight is 239 g/mol. The van der Waals surface area contributed by atoms with Crippen LogP contribution >= 0.6 is 0 Å². The Morgan fingerprint density at radius 1 is 1.41 bits per heavy atom. The molecule has 0 saturated heterocycles. The Labute approximate surface area is 100 Å². The van der Waals surface area contributed by atoms with Crippen LogP contribution in [0.2, 0.25) is 0 Å². The van der Waals surface area contributed by atoms with E-state index in [-0.39, 0.29) is 11.5 Å². The number of nitrogens with one attached hydrogen (secondary N) is 1. The second kappa shape index (κ2) is 8.18.